The van der Waals surface area contributed by atoms with E-state index >= 15 is 0 Å². The van der Waals surface area contributed by atoms with Gasteiger partial charge in [-0.25, -0.2) is 0 Å². The number of benzene rings is 1. The lowest BCUT2D eigenvalue weighted by Crippen LogP contribution is -2.43. The first-order valence-corrected chi connectivity index (χ1v) is 7.05. The Morgan fingerprint density at radius 1 is 1.40 bits per heavy atom. The average Bonchev–Trinajstić information content (AvgIpc) is 2.77. The minimum absolute atomic E-state index is 0.0675. The molecule has 0 radical (unpaired) electrons. The van der Waals surface area contributed by atoms with E-state index < -0.39 is 0 Å². The third kappa shape index (κ3) is 2.54. The second-order valence-corrected chi connectivity index (χ2v) is 5.54. The van der Waals surface area contributed by atoms with E-state index in [1.54, 1.807) is 11.8 Å². The summed E-state index contributed by atoms with van der Waals surface area (Å²) < 4.78 is 0. The van der Waals surface area contributed by atoms with Crippen LogP contribution in [-0.2, 0) is 16.0 Å². The summed E-state index contributed by atoms with van der Waals surface area (Å²) in [5.74, 6) is 0.605. The number of fused-ring (bicyclic) bond motifs is 1. The summed E-state index contributed by atoms with van der Waals surface area (Å²) in [5, 5.41) is 6.11. The van der Waals surface area contributed by atoms with Crippen molar-refractivity contribution in [2.24, 2.45) is 5.92 Å². The normalized spacial score (nSPS) is 17.6. The number of anilines is 2. The van der Waals surface area contributed by atoms with Gasteiger partial charge in [-0.05, 0) is 49.2 Å². The number of nitrogens with zero attached hydrogens (tertiary/aromatic N) is 1. The minimum Gasteiger partial charge on any atom is -0.326 e. The molecule has 5 nitrogen and oxygen atoms in total. The number of amides is 2. The van der Waals surface area contributed by atoms with Crippen LogP contribution in [0, 0.1) is 5.92 Å². The van der Waals surface area contributed by atoms with Crippen molar-refractivity contribution in [1.82, 2.24) is 5.32 Å². The summed E-state index contributed by atoms with van der Waals surface area (Å²) >= 11 is 0. The largest absolute Gasteiger partial charge is 0.326 e. The molecule has 3 rings (SSSR count). The summed E-state index contributed by atoms with van der Waals surface area (Å²) in [7, 11) is 0. The lowest BCUT2D eigenvalue weighted by molar-refractivity contribution is -0.117. The highest BCUT2D eigenvalue weighted by molar-refractivity contribution is 5.95. The molecular weight excluding hydrogens is 254 g/mol. The van der Waals surface area contributed by atoms with Gasteiger partial charge in [0.1, 0.15) is 0 Å². The molecule has 2 N–H and O–H groups in total. The van der Waals surface area contributed by atoms with Crippen LogP contribution < -0.4 is 15.5 Å². The predicted molar refractivity (Wildman–Crippen MR) is 77.8 cm³/mol. The van der Waals surface area contributed by atoms with E-state index in [2.05, 4.69) is 10.6 Å². The molecule has 0 atom stereocenters. The summed E-state index contributed by atoms with van der Waals surface area (Å²) in [4.78, 5) is 25.1. The molecular formula is C15H19N3O2. The zero-order valence-corrected chi connectivity index (χ0v) is 11.6. The molecule has 0 aromatic heterocycles. The molecule has 0 saturated carbocycles. The highest BCUT2D eigenvalue weighted by Crippen LogP contribution is 2.30. The zero-order chi connectivity index (χ0) is 14.1. The quantitative estimate of drug-likeness (QED) is 0.868. The first kappa shape index (κ1) is 13.1. The monoisotopic (exact) mass is 273 g/mol. The fourth-order valence-electron chi connectivity index (χ4n) is 2.77. The van der Waals surface area contributed by atoms with Gasteiger partial charge in [-0.3, -0.25) is 9.59 Å². The van der Waals surface area contributed by atoms with Gasteiger partial charge in [0.15, 0.2) is 0 Å². The van der Waals surface area contributed by atoms with Crippen LogP contribution in [0.4, 0.5) is 11.4 Å². The van der Waals surface area contributed by atoms with Crippen LogP contribution in [0.1, 0.15) is 18.9 Å². The maximum absolute atomic E-state index is 11.9. The standard InChI is InChI=1S/C15H19N3O2/c1-10(19)18-5-4-12-7-13(2-3-14(12)18)17-15(20)6-11-8-16-9-11/h2-3,7,11,16H,4-6,8-9H2,1H3,(H,17,20). The van der Waals surface area contributed by atoms with E-state index in [-0.39, 0.29) is 11.8 Å². The highest BCUT2D eigenvalue weighted by atomic mass is 16.2. The van der Waals surface area contributed by atoms with E-state index in [1.807, 2.05) is 18.2 Å². The molecule has 20 heavy (non-hydrogen) atoms. The second kappa shape index (κ2) is 5.25. The van der Waals surface area contributed by atoms with Gasteiger partial charge in [0.05, 0.1) is 0 Å². The van der Waals surface area contributed by atoms with Gasteiger partial charge >= 0.3 is 0 Å². The third-order valence-corrected chi connectivity index (χ3v) is 3.98. The molecule has 0 spiro atoms. The first-order chi connectivity index (χ1) is 9.63. The van der Waals surface area contributed by atoms with Crippen LogP contribution in [-0.4, -0.2) is 31.4 Å². The third-order valence-electron chi connectivity index (χ3n) is 3.98. The van der Waals surface area contributed by atoms with Crippen LogP contribution in [0.25, 0.3) is 0 Å². The first-order valence-electron chi connectivity index (χ1n) is 7.05. The fourth-order valence-corrected chi connectivity index (χ4v) is 2.77. The highest BCUT2D eigenvalue weighted by Gasteiger charge is 2.23. The van der Waals surface area contributed by atoms with Gasteiger partial charge in [0.25, 0.3) is 0 Å². The van der Waals surface area contributed by atoms with Crippen molar-refractivity contribution in [1.29, 1.82) is 0 Å². The Labute approximate surface area is 118 Å². The van der Waals surface area contributed by atoms with Crippen LogP contribution in [0.2, 0.25) is 0 Å². The summed E-state index contributed by atoms with van der Waals surface area (Å²) in [6.07, 6.45) is 1.43. The van der Waals surface area contributed by atoms with Gasteiger partial charge in [0.2, 0.25) is 11.8 Å². The van der Waals surface area contributed by atoms with E-state index in [1.165, 1.54) is 0 Å². The number of carbonyl (C=O) groups is 2. The molecule has 2 amide bonds. The molecule has 106 valence electrons. The average molecular weight is 273 g/mol. The molecule has 2 aliphatic rings. The second-order valence-electron chi connectivity index (χ2n) is 5.54. The molecule has 1 aromatic carbocycles. The van der Waals surface area contributed by atoms with Crippen LogP contribution >= 0.6 is 0 Å². The molecule has 1 fully saturated rings. The summed E-state index contributed by atoms with van der Waals surface area (Å²) in [6, 6.07) is 5.77. The van der Waals surface area contributed by atoms with Crippen molar-refractivity contribution < 1.29 is 9.59 Å². The number of carbonyl (C=O) groups excluding carboxylic acids is 2. The van der Waals surface area contributed by atoms with E-state index in [4.69, 9.17) is 0 Å². The molecule has 2 heterocycles. The number of rotatable bonds is 3. The van der Waals surface area contributed by atoms with Crippen LogP contribution in [0.5, 0.6) is 0 Å². The Hall–Kier alpha value is -1.88. The van der Waals surface area contributed by atoms with Crippen molar-refractivity contribution in [2.75, 3.05) is 29.9 Å². The minimum atomic E-state index is 0.0675. The van der Waals surface area contributed by atoms with E-state index in [0.717, 1.165) is 43.0 Å². The number of hydrogen-bond donors (Lipinski definition) is 2. The Bertz CT molecular complexity index is 552. The lowest BCUT2D eigenvalue weighted by atomic mass is 9.99. The van der Waals surface area contributed by atoms with Crippen molar-refractivity contribution in [3.8, 4) is 0 Å². The van der Waals surface area contributed by atoms with Crippen molar-refractivity contribution in [2.45, 2.75) is 19.8 Å². The molecule has 2 aliphatic heterocycles. The van der Waals surface area contributed by atoms with Crippen molar-refractivity contribution in [3.05, 3.63) is 23.8 Å². The van der Waals surface area contributed by atoms with Crippen molar-refractivity contribution >= 4 is 23.2 Å². The number of hydrogen-bond acceptors (Lipinski definition) is 3. The van der Waals surface area contributed by atoms with Gasteiger partial charge in [0, 0.05) is 31.3 Å². The molecule has 5 heteroatoms. The maximum Gasteiger partial charge on any atom is 0.224 e. The Morgan fingerprint density at radius 3 is 2.85 bits per heavy atom. The fraction of sp³-hybridized carbons (Fsp3) is 0.467. The van der Waals surface area contributed by atoms with Crippen molar-refractivity contribution in [3.63, 3.8) is 0 Å². The Kier molecular flexibility index (Phi) is 3.44. The van der Waals surface area contributed by atoms with Gasteiger partial charge < -0.3 is 15.5 Å². The van der Waals surface area contributed by atoms with Gasteiger partial charge in [-0.1, -0.05) is 0 Å². The van der Waals surface area contributed by atoms with Crippen LogP contribution in [0.3, 0.4) is 0 Å². The lowest BCUT2D eigenvalue weighted by Gasteiger charge is -2.26. The van der Waals surface area contributed by atoms with Gasteiger partial charge in [-0.2, -0.15) is 0 Å². The molecule has 0 unspecified atom stereocenters. The Balaban J connectivity index is 1.67. The summed E-state index contributed by atoms with van der Waals surface area (Å²) in [6.45, 7) is 4.18. The van der Waals surface area contributed by atoms with Gasteiger partial charge in [-0.15, -0.1) is 0 Å². The van der Waals surface area contributed by atoms with E-state index in [0.29, 0.717) is 12.3 Å². The summed E-state index contributed by atoms with van der Waals surface area (Å²) in [5.41, 5.74) is 2.92. The topological polar surface area (TPSA) is 61.4 Å². The van der Waals surface area contributed by atoms with Crippen LogP contribution in [0.15, 0.2) is 18.2 Å². The predicted octanol–water partition coefficient (Wildman–Crippen LogP) is 1.14. The smallest absolute Gasteiger partial charge is 0.224 e. The molecule has 0 bridgehead atoms. The zero-order valence-electron chi connectivity index (χ0n) is 11.6. The van der Waals surface area contributed by atoms with E-state index in [9.17, 15) is 9.59 Å². The maximum atomic E-state index is 11.9. The molecule has 1 aromatic rings. The SMILES string of the molecule is CC(=O)N1CCc2cc(NC(=O)CC3CNC3)ccc21. The number of nitrogens with one attached hydrogen (secondary N) is 2. The molecule has 1 saturated heterocycles. The Morgan fingerprint density at radius 2 is 2.20 bits per heavy atom. The molecule has 0 aliphatic carbocycles.